The number of hydrogen-bond acceptors (Lipinski definition) is 3. The number of nitrogens with zero attached hydrogens (tertiary/aromatic N) is 1. The van der Waals surface area contributed by atoms with Crippen LogP contribution in [0.5, 0.6) is 0 Å². The van der Waals surface area contributed by atoms with Crippen molar-refractivity contribution in [3.8, 4) is 0 Å². The van der Waals surface area contributed by atoms with Crippen molar-refractivity contribution in [2.45, 2.75) is 32.0 Å². The summed E-state index contributed by atoms with van der Waals surface area (Å²) >= 11 is 0. The average Bonchev–Trinajstić information content (AvgIpc) is 2.63. The van der Waals surface area contributed by atoms with Gasteiger partial charge in [0.15, 0.2) is 0 Å². The molecule has 2 unspecified atom stereocenters. The van der Waals surface area contributed by atoms with Gasteiger partial charge in [-0.3, -0.25) is 4.90 Å². The Morgan fingerprint density at radius 1 is 1.15 bits per heavy atom. The van der Waals surface area contributed by atoms with Crippen LogP contribution in [-0.4, -0.2) is 47.0 Å². The molecule has 1 saturated heterocycles. The molecule has 0 spiro atoms. The van der Waals surface area contributed by atoms with E-state index in [-0.39, 0.29) is 12.2 Å². The Morgan fingerprint density at radius 2 is 1.69 bits per heavy atom. The molecule has 1 aliphatic carbocycles. The standard InChI is InChI=1S/C10H19NO2/c1-7-2-8(7)4-11-5-9(12)3-10(13)6-11/h7-10,12-13H,2-6H2,1H3/t7?,8?,9-,10+. The van der Waals surface area contributed by atoms with Gasteiger partial charge >= 0.3 is 0 Å². The fraction of sp³-hybridized carbons (Fsp3) is 1.00. The molecule has 0 aromatic rings. The summed E-state index contributed by atoms with van der Waals surface area (Å²) in [4.78, 5) is 2.20. The van der Waals surface area contributed by atoms with Gasteiger partial charge in [-0.15, -0.1) is 0 Å². The maximum atomic E-state index is 9.45. The maximum Gasteiger partial charge on any atom is 0.0692 e. The molecule has 2 rings (SSSR count). The SMILES string of the molecule is CC1CC1CN1C[C@H](O)C[C@H](O)C1. The van der Waals surface area contributed by atoms with Crippen LogP contribution in [-0.2, 0) is 0 Å². The van der Waals surface area contributed by atoms with E-state index in [0.717, 1.165) is 31.5 Å². The van der Waals surface area contributed by atoms with Crippen LogP contribution in [0.3, 0.4) is 0 Å². The number of β-amino-alcohol motifs (C(OH)–C–C–N with tert-alkyl or cyclic N) is 2. The molecule has 0 amide bonds. The van der Waals surface area contributed by atoms with E-state index >= 15 is 0 Å². The first-order valence-electron chi connectivity index (χ1n) is 5.23. The number of piperidine rings is 1. The van der Waals surface area contributed by atoms with E-state index in [4.69, 9.17) is 0 Å². The predicted octanol–water partition coefficient (Wildman–Crippen LogP) is 0.0699. The third-order valence-electron chi connectivity index (χ3n) is 3.25. The minimum Gasteiger partial charge on any atom is -0.392 e. The van der Waals surface area contributed by atoms with Crippen molar-refractivity contribution in [3.05, 3.63) is 0 Å². The van der Waals surface area contributed by atoms with Crippen molar-refractivity contribution in [2.75, 3.05) is 19.6 Å². The lowest BCUT2D eigenvalue weighted by atomic mass is 10.1. The molecule has 3 heteroatoms. The molecule has 1 aliphatic heterocycles. The fourth-order valence-electron chi connectivity index (χ4n) is 2.27. The Bertz CT molecular complexity index is 176. The zero-order valence-corrected chi connectivity index (χ0v) is 8.19. The Labute approximate surface area is 79.4 Å². The second kappa shape index (κ2) is 3.56. The topological polar surface area (TPSA) is 43.7 Å². The van der Waals surface area contributed by atoms with E-state index in [1.807, 2.05) is 0 Å². The van der Waals surface area contributed by atoms with Crippen LogP contribution in [0.1, 0.15) is 19.8 Å². The number of likely N-dealkylation sites (tertiary alicyclic amines) is 1. The van der Waals surface area contributed by atoms with Crippen LogP contribution in [0.4, 0.5) is 0 Å². The zero-order valence-electron chi connectivity index (χ0n) is 8.19. The summed E-state index contributed by atoms with van der Waals surface area (Å²) in [5, 5.41) is 18.9. The van der Waals surface area contributed by atoms with Crippen molar-refractivity contribution in [1.29, 1.82) is 0 Å². The third-order valence-corrected chi connectivity index (χ3v) is 3.25. The van der Waals surface area contributed by atoms with Crippen molar-refractivity contribution in [2.24, 2.45) is 11.8 Å². The highest BCUT2D eigenvalue weighted by molar-refractivity contribution is 4.88. The maximum absolute atomic E-state index is 9.45. The molecular formula is C10H19NO2. The van der Waals surface area contributed by atoms with Crippen LogP contribution < -0.4 is 0 Å². The summed E-state index contributed by atoms with van der Waals surface area (Å²) in [7, 11) is 0. The molecule has 13 heavy (non-hydrogen) atoms. The van der Waals surface area contributed by atoms with Crippen molar-refractivity contribution in [1.82, 2.24) is 4.90 Å². The zero-order chi connectivity index (χ0) is 9.42. The van der Waals surface area contributed by atoms with Gasteiger partial charge in [0.1, 0.15) is 0 Å². The van der Waals surface area contributed by atoms with E-state index in [1.165, 1.54) is 6.42 Å². The van der Waals surface area contributed by atoms with Crippen LogP contribution >= 0.6 is 0 Å². The molecule has 0 aromatic carbocycles. The van der Waals surface area contributed by atoms with Crippen LogP contribution in [0.25, 0.3) is 0 Å². The summed E-state index contributed by atoms with van der Waals surface area (Å²) in [6.07, 6.45) is 1.23. The first kappa shape index (κ1) is 9.44. The molecule has 0 aromatic heterocycles. The van der Waals surface area contributed by atoms with Crippen LogP contribution in [0.2, 0.25) is 0 Å². The normalized spacial score (nSPS) is 46.4. The Kier molecular flexibility index (Phi) is 2.58. The third kappa shape index (κ3) is 2.42. The van der Waals surface area contributed by atoms with Crippen LogP contribution in [0.15, 0.2) is 0 Å². The molecule has 1 heterocycles. The Balaban J connectivity index is 1.78. The molecule has 4 atom stereocenters. The number of aliphatic hydroxyl groups excluding tert-OH is 2. The Morgan fingerprint density at radius 3 is 2.15 bits per heavy atom. The second-order valence-corrected chi connectivity index (χ2v) is 4.73. The molecule has 0 bridgehead atoms. The first-order chi connectivity index (χ1) is 6.15. The lowest BCUT2D eigenvalue weighted by Gasteiger charge is -2.33. The molecule has 76 valence electrons. The second-order valence-electron chi connectivity index (χ2n) is 4.73. The number of aliphatic hydroxyl groups is 2. The monoisotopic (exact) mass is 185 g/mol. The van der Waals surface area contributed by atoms with Gasteiger partial charge in [-0.2, -0.15) is 0 Å². The van der Waals surface area contributed by atoms with E-state index in [9.17, 15) is 10.2 Å². The Hall–Kier alpha value is -0.120. The van der Waals surface area contributed by atoms with E-state index in [2.05, 4.69) is 11.8 Å². The van der Waals surface area contributed by atoms with Gasteiger partial charge in [0, 0.05) is 26.1 Å². The highest BCUT2D eigenvalue weighted by atomic mass is 16.3. The molecule has 3 nitrogen and oxygen atoms in total. The van der Waals surface area contributed by atoms with Gasteiger partial charge in [-0.1, -0.05) is 6.92 Å². The highest BCUT2D eigenvalue weighted by Gasteiger charge is 2.35. The predicted molar refractivity (Wildman–Crippen MR) is 50.3 cm³/mol. The van der Waals surface area contributed by atoms with Gasteiger partial charge in [-0.05, 0) is 18.3 Å². The minimum absolute atomic E-state index is 0.321. The summed E-state index contributed by atoms with van der Waals surface area (Å²) in [5.74, 6) is 1.67. The van der Waals surface area contributed by atoms with Gasteiger partial charge in [0.25, 0.3) is 0 Å². The molecule has 2 aliphatic rings. The number of hydrogen-bond donors (Lipinski definition) is 2. The van der Waals surface area contributed by atoms with E-state index < -0.39 is 0 Å². The van der Waals surface area contributed by atoms with Crippen molar-refractivity contribution >= 4 is 0 Å². The average molecular weight is 185 g/mol. The van der Waals surface area contributed by atoms with Gasteiger partial charge < -0.3 is 10.2 Å². The minimum atomic E-state index is -0.321. The van der Waals surface area contributed by atoms with Crippen molar-refractivity contribution in [3.63, 3.8) is 0 Å². The summed E-state index contributed by atoms with van der Waals surface area (Å²) in [6.45, 7) is 4.83. The van der Waals surface area contributed by atoms with Gasteiger partial charge in [0.05, 0.1) is 12.2 Å². The fourth-order valence-corrected chi connectivity index (χ4v) is 2.27. The molecule has 0 radical (unpaired) electrons. The van der Waals surface area contributed by atoms with Gasteiger partial charge in [0.2, 0.25) is 0 Å². The summed E-state index contributed by atoms with van der Waals surface area (Å²) < 4.78 is 0. The molecular weight excluding hydrogens is 166 g/mol. The molecule has 1 saturated carbocycles. The molecule has 2 N–H and O–H groups in total. The highest BCUT2D eigenvalue weighted by Crippen LogP contribution is 2.38. The number of rotatable bonds is 2. The largest absolute Gasteiger partial charge is 0.392 e. The van der Waals surface area contributed by atoms with E-state index in [0.29, 0.717) is 6.42 Å². The lowest BCUT2D eigenvalue weighted by molar-refractivity contribution is -0.00983. The van der Waals surface area contributed by atoms with Gasteiger partial charge in [-0.25, -0.2) is 0 Å². The van der Waals surface area contributed by atoms with Crippen LogP contribution in [0, 0.1) is 11.8 Å². The summed E-state index contributed by atoms with van der Waals surface area (Å²) in [6, 6.07) is 0. The first-order valence-corrected chi connectivity index (χ1v) is 5.23. The molecule has 2 fully saturated rings. The van der Waals surface area contributed by atoms with Crippen molar-refractivity contribution < 1.29 is 10.2 Å². The summed E-state index contributed by atoms with van der Waals surface area (Å²) in [5.41, 5.74) is 0. The smallest absolute Gasteiger partial charge is 0.0692 e. The quantitative estimate of drug-likeness (QED) is 0.640. The van der Waals surface area contributed by atoms with E-state index in [1.54, 1.807) is 0 Å². The lowest BCUT2D eigenvalue weighted by Crippen LogP contribution is -2.46.